The van der Waals surface area contributed by atoms with Crippen molar-refractivity contribution in [3.05, 3.63) is 12.4 Å². The van der Waals surface area contributed by atoms with Crippen LogP contribution in [0, 0.1) is 5.92 Å². The van der Waals surface area contributed by atoms with Crippen molar-refractivity contribution in [2.75, 3.05) is 32.1 Å². The van der Waals surface area contributed by atoms with Crippen molar-refractivity contribution in [3.8, 4) is 5.88 Å². The van der Waals surface area contributed by atoms with Crippen LogP contribution in [0.15, 0.2) is 12.4 Å². The molecule has 1 unspecified atom stereocenters. The number of hydrogen-bond acceptors (Lipinski definition) is 5. The fraction of sp³-hybridized carbons (Fsp3) is 0.692. The first-order valence-corrected chi connectivity index (χ1v) is 6.53. The first-order valence-electron chi connectivity index (χ1n) is 6.53. The summed E-state index contributed by atoms with van der Waals surface area (Å²) in [7, 11) is 1.62. The summed E-state index contributed by atoms with van der Waals surface area (Å²) >= 11 is 0. The molecule has 5 nitrogen and oxygen atoms in total. The Morgan fingerprint density at radius 2 is 2.22 bits per heavy atom. The fourth-order valence-electron chi connectivity index (χ4n) is 2.34. The molecule has 0 amide bonds. The summed E-state index contributed by atoms with van der Waals surface area (Å²) < 4.78 is 5.17. The maximum atomic E-state index is 5.17. The molecular formula is C13H22N4O. The van der Waals surface area contributed by atoms with Gasteiger partial charge in [-0.15, -0.1) is 0 Å². The molecule has 1 atom stereocenters. The number of aromatic nitrogens is 2. The van der Waals surface area contributed by atoms with Crippen LogP contribution >= 0.6 is 0 Å². The van der Waals surface area contributed by atoms with E-state index in [1.54, 1.807) is 19.5 Å². The molecule has 2 rings (SSSR count). The highest BCUT2D eigenvalue weighted by atomic mass is 16.5. The van der Waals surface area contributed by atoms with E-state index in [2.05, 4.69) is 34.0 Å². The van der Waals surface area contributed by atoms with Crippen LogP contribution in [0.4, 0.5) is 5.82 Å². The highest BCUT2D eigenvalue weighted by Crippen LogP contribution is 2.21. The van der Waals surface area contributed by atoms with Gasteiger partial charge in [0.2, 0.25) is 0 Å². The summed E-state index contributed by atoms with van der Waals surface area (Å²) in [5.74, 6) is 1.98. The average Bonchev–Trinajstić information content (AvgIpc) is 2.85. The fourth-order valence-corrected chi connectivity index (χ4v) is 2.34. The maximum Gasteiger partial charge on any atom is 0.257 e. The van der Waals surface area contributed by atoms with Crippen molar-refractivity contribution in [2.45, 2.75) is 26.3 Å². The van der Waals surface area contributed by atoms with Gasteiger partial charge in [0.15, 0.2) is 5.82 Å². The quantitative estimate of drug-likeness (QED) is 0.860. The molecule has 18 heavy (non-hydrogen) atoms. The Labute approximate surface area is 109 Å². The van der Waals surface area contributed by atoms with E-state index >= 15 is 0 Å². The third-order valence-electron chi connectivity index (χ3n) is 3.46. The molecule has 1 aromatic heterocycles. The van der Waals surface area contributed by atoms with Crippen LogP contribution in [0.3, 0.4) is 0 Å². The number of nitrogens with zero attached hydrogens (tertiary/aromatic N) is 3. The summed E-state index contributed by atoms with van der Waals surface area (Å²) in [5.41, 5.74) is 0. The Morgan fingerprint density at radius 1 is 1.44 bits per heavy atom. The lowest BCUT2D eigenvalue weighted by Crippen LogP contribution is -2.29. The maximum absolute atomic E-state index is 5.17. The highest BCUT2D eigenvalue weighted by Gasteiger charge is 2.24. The molecule has 0 aromatic carbocycles. The Morgan fingerprint density at radius 3 is 2.89 bits per heavy atom. The molecule has 1 aliphatic rings. The van der Waals surface area contributed by atoms with Gasteiger partial charge in [-0.2, -0.15) is 0 Å². The minimum Gasteiger partial charge on any atom is -0.478 e. The lowest BCUT2D eigenvalue weighted by Gasteiger charge is -2.20. The molecule has 0 aliphatic carbocycles. The van der Waals surface area contributed by atoms with Gasteiger partial charge in [0.25, 0.3) is 5.88 Å². The molecule has 1 saturated heterocycles. The molecule has 2 heterocycles. The van der Waals surface area contributed by atoms with E-state index < -0.39 is 0 Å². The predicted octanol–water partition coefficient (Wildman–Crippen LogP) is 1.63. The molecule has 1 N–H and O–H groups in total. The van der Waals surface area contributed by atoms with Crippen molar-refractivity contribution in [3.63, 3.8) is 0 Å². The molecule has 1 aromatic rings. The minimum absolute atomic E-state index is 0.566. The van der Waals surface area contributed by atoms with Crippen LogP contribution < -0.4 is 10.1 Å². The molecule has 1 aliphatic heterocycles. The van der Waals surface area contributed by atoms with Gasteiger partial charge < -0.3 is 15.0 Å². The monoisotopic (exact) mass is 250 g/mol. The van der Waals surface area contributed by atoms with Gasteiger partial charge in [0, 0.05) is 31.5 Å². The number of nitrogens with one attached hydrogen (secondary N) is 1. The van der Waals surface area contributed by atoms with Crippen LogP contribution in [0.2, 0.25) is 0 Å². The van der Waals surface area contributed by atoms with Crippen LogP contribution in [0.1, 0.15) is 20.3 Å². The van der Waals surface area contributed by atoms with Crippen molar-refractivity contribution in [1.82, 2.24) is 14.9 Å². The third-order valence-corrected chi connectivity index (χ3v) is 3.46. The lowest BCUT2D eigenvalue weighted by molar-refractivity contribution is 0.266. The van der Waals surface area contributed by atoms with Gasteiger partial charge in [0.05, 0.1) is 7.11 Å². The molecule has 0 spiro atoms. The highest BCUT2D eigenvalue weighted by molar-refractivity contribution is 5.44. The van der Waals surface area contributed by atoms with Crippen LogP contribution in [0.25, 0.3) is 0 Å². The van der Waals surface area contributed by atoms with Crippen molar-refractivity contribution >= 4 is 5.82 Å². The Balaban J connectivity index is 1.85. The van der Waals surface area contributed by atoms with E-state index in [9.17, 15) is 0 Å². The number of hydrogen-bond donors (Lipinski definition) is 1. The number of likely N-dealkylation sites (tertiary alicyclic amines) is 1. The molecule has 1 fully saturated rings. The van der Waals surface area contributed by atoms with E-state index in [0.717, 1.165) is 18.9 Å². The molecule has 0 saturated carbocycles. The number of rotatable bonds is 5. The SMILES string of the molecule is COc1nccnc1NCC1CCN(C(C)C)C1. The van der Waals surface area contributed by atoms with Crippen LogP contribution in [0.5, 0.6) is 5.88 Å². The van der Waals surface area contributed by atoms with Gasteiger partial charge in [-0.1, -0.05) is 0 Å². The Kier molecular flexibility index (Phi) is 4.36. The summed E-state index contributed by atoms with van der Waals surface area (Å²) in [6.45, 7) is 7.79. The molecule has 5 heteroatoms. The van der Waals surface area contributed by atoms with Crippen LogP contribution in [-0.4, -0.2) is 47.7 Å². The van der Waals surface area contributed by atoms with Gasteiger partial charge in [-0.25, -0.2) is 9.97 Å². The standard InChI is InChI=1S/C13H22N4O/c1-10(2)17-7-4-11(9-17)8-16-12-13(18-3)15-6-5-14-12/h5-6,10-11H,4,7-9H2,1-3H3,(H,14,16). The zero-order valence-electron chi connectivity index (χ0n) is 11.4. The number of methoxy groups -OCH3 is 1. The van der Waals surface area contributed by atoms with Crippen molar-refractivity contribution < 1.29 is 4.74 Å². The average molecular weight is 250 g/mol. The third kappa shape index (κ3) is 3.10. The second-order valence-electron chi connectivity index (χ2n) is 5.04. The first kappa shape index (κ1) is 13.1. The number of ether oxygens (including phenoxy) is 1. The van der Waals surface area contributed by atoms with Gasteiger partial charge in [-0.3, -0.25) is 0 Å². The lowest BCUT2D eigenvalue weighted by atomic mass is 10.1. The summed E-state index contributed by atoms with van der Waals surface area (Å²) in [6, 6.07) is 0.640. The number of anilines is 1. The Hall–Kier alpha value is -1.36. The largest absolute Gasteiger partial charge is 0.478 e. The molecule has 0 bridgehead atoms. The van der Waals surface area contributed by atoms with Crippen molar-refractivity contribution in [1.29, 1.82) is 0 Å². The summed E-state index contributed by atoms with van der Waals surface area (Å²) in [5, 5.41) is 3.34. The van der Waals surface area contributed by atoms with E-state index in [1.807, 2.05) is 0 Å². The van der Waals surface area contributed by atoms with Crippen LogP contribution in [-0.2, 0) is 0 Å². The van der Waals surface area contributed by atoms with Gasteiger partial charge >= 0.3 is 0 Å². The second kappa shape index (κ2) is 6.00. The smallest absolute Gasteiger partial charge is 0.257 e. The summed E-state index contributed by atoms with van der Waals surface area (Å²) in [4.78, 5) is 10.9. The minimum atomic E-state index is 0.566. The van der Waals surface area contributed by atoms with Crippen molar-refractivity contribution in [2.24, 2.45) is 5.92 Å². The molecular weight excluding hydrogens is 228 g/mol. The second-order valence-corrected chi connectivity index (χ2v) is 5.04. The van der Waals surface area contributed by atoms with Gasteiger partial charge in [-0.05, 0) is 32.7 Å². The zero-order valence-corrected chi connectivity index (χ0v) is 11.4. The van der Waals surface area contributed by atoms with E-state index in [0.29, 0.717) is 17.8 Å². The van der Waals surface area contributed by atoms with E-state index in [-0.39, 0.29) is 0 Å². The van der Waals surface area contributed by atoms with Gasteiger partial charge in [0.1, 0.15) is 0 Å². The topological polar surface area (TPSA) is 50.3 Å². The van der Waals surface area contributed by atoms with E-state index in [1.165, 1.54) is 13.0 Å². The summed E-state index contributed by atoms with van der Waals surface area (Å²) in [6.07, 6.45) is 4.56. The normalized spacial score (nSPS) is 20.3. The Bertz CT molecular complexity index is 383. The molecule has 100 valence electrons. The van der Waals surface area contributed by atoms with E-state index in [4.69, 9.17) is 4.74 Å². The molecule has 0 radical (unpaired) electrons. The zero-order chi connectivity index (χ0) is 13.0. The first-order chi connectivity index (χ1) is 8.70. The predicted molar refractivity (Wildman–Crippen MR) is 71.9 cm³/mol.